The first-order chi connectivity index (χ1) is 32.1. The number of non-ortho nitro benzene ring substituents is 1. The van der Waals surface area contributed by atoms with Crippen molar-refractivity contribution in [2.75, 3.05) is 34.0 Å². The van der Waals surface area contributed by atoms with Gasteiger partial charge in [0.05, 0.1) is 47.5 Å². The van der Waals surface area contributed by atoms with E-state index in [1.54, 1.807) is 78.7 Å². The molecule has 0 bridgehead atoms. The Hall–Kier alpha value is -6.86. The number of fused-ring (bicyclic) bond motifs is 2. The minimum absolute atomic E-state index is 0.00653. The summed E-state index contributed by atoms with van der Waals surface area (Å²) in [5, 5.41) is 45.6. The molecule has 1 amide bonds. The van der Waals surface area contributed by atoms with Crippen molar-refractivity contribution in [3.05, 3.63) is 147 Å². The number of oxime groups is 1. The Morgan fingerprint density at radius 1 is 1.02 bits per heavy atom. The lowest BCUT2D eigenvalue weighted by Crippen LogP contribution is -2.69. The summed E-state index contributed by atoms with van der Waals surface area (Å²) >= 11 is 0. The maximum Gasteiger partial charge on any atom is 0.269 e. The van der Waals surface area contributed by atoms with E-state index in [2.05, 4.69) is 18.7 Å². The molecule has 344 valence electrons. The Labute approximate surface area is 383 Å². The molecule has 1 fully saturated rings. The number of amides is 1. The normalized spacial score (nSPS) is 22.1. The Morgan fingerprint density at radius 3 is 2.39 bits per heavy atom. The number of unbranched alkanes of at least 4 members (excludes halogenated alkanes) is 2. The van der Waals surface area contributed by atoms with Gasteiger partial charge in [-0.1, -0.05) is 30.1 Å². The lowest BCUT2D eigenvalue weighted by atomic mass is 9.55. The highest BCUT2D eigenvalue weighted by molar-refractivity contribution is 6.03. The number of nitriles is 1. The van der Waals surface area contributed by atoms with E-state index < -0.39 is 22.7 Å². The fourth-order valence-electron chi connectivity index (χ4n) is 9.73. The van der Waals surface area contributed by atoms with Crippen LogP contribution in [0.4, 0.5) is 5.69 Å². The third-order valence-corrected chi connectivity index (χ3v) is 12.8. The van der Waals surface area contributed by atoms with Gasteiger partial charge in [0.2, 0.25) is 5.79 Å². The predicted molar refractivity (Wildman–Crippen MR) is 245 cm³/mol. The number of likely N-dealkylation sites (N-methyl/N-ethyl adjacent to an activating group) is 1. The van der Waals surface area contributed by atoms with Gasteiger partial charge in [-0.2, -0.15) is 5.26 Å². The highest BCUT2D eigenvalue weighted by atomic mass is 16.7. The molecule has 2 aliphatic carbocycles. The van der Waals surface area contributed by atoms with E-state index in [0.717, 1.165) is 30.4 Å². The zero-order valence-corrected chi connectivity index (χ0v) is 37.0. The molecule has 2 N–H and O–H groups in total. The van der Waals surface area contributed by atoms with Gasteiger partial charge in [0.15, 0.2) is 6.29 Å². The number of allylic oxidation sites excluding steroid dienone is 1. The number of methoxy groups -OCH3 is 1. The molecule has 0 unspecified atom stereocenters. The van der Waals surface area contributed by atoms with Crippen LogP contribution in [0.15, 0.2) is 114 Å². The van der Waals surface area contributed by atoms with Crippen molar-refractivity contribution in [2.45, 2.75) is 69.3 Å². The Morgan fingerprint density at radius 2 is 1.73 bits per heavy atom. The summed E-state index contributed by atoms with van der Waals surface area (Å²) in [6, 6.07) is 24.3. The van der Waals surface area contributed by atoms with Crippen LogP contribution in [0.25, 0.3) is 0 Å². The van der Waals surface area contributed by atoms with E-state index in [-0.39, 0.29) is 62.2 Å². The van der Waals surface area contributed by atoms with Crippen LogP contribution in [-0.2, 0) is 16.2 Å². The summed E-state index contributed by atoms with van der Waals surface area (Å²) in [7, 11) is 3.19. The van der Waals surface area contributed by atoms with Crippen LogP contribution in [0.3, 0.4) is 0 Å². The lowest BCUT2D eigenvalue weighted by Gasteiger charge is -2.59. The molecule has 1 aliphatic heterocycles. The summed E-state index contributed by atoms with van der Waals surface area (Å²) in [6.07, 6.45) is 8.82. The summed E-state index contributed by atoms with van der Waals surface area (Å²) < 4.78 is 26.0. The third-order valence-electron chi connectivity index (χ3n) is 12.8. The first kappa shape index (κ1) is 47.1. The van der Waals surface area contributed by atoms with Gasteiger partial charge in [0, 0.05) is 55.9 Å². The SMILES string of the molecule is C=CCO[C@@]12Oc3ccc(Oc4ccc(OC)c(C=O)c4)cc3[C@H]3[C@H](CCCCO)[C@@H](CCCCO)C=C(C(=NOCc4ccc([N+](=O)[O-])cc4)C[C@@H]1N(C)C(=O)c1ccc(C#N)cc1)[C@H]32. The summed E-state index contributed by atoms with van der Waals surface area (Å²) in [4.78, 5) is 45.2. The van der Waals surface area contributed by atoms with Gasteiger partial charge in [-0.25, -0.2) is 0 Å². The number of hydrogen-bond donors (Lipinski definition) is 2. The zero-order chi connectivity index (χ0) is 46.8. The third kappa shape index (κ3) is 9.86. The first-order valence-electron chi connectivity index (χ1n) is 22.1. The van der Waals surface area contributed by atoms with E-state index in [0.29, 0.717) is 76.5 Å². The second-order valence-corrected chi connectivity index (χ2v) is 16.7. The van der Waals surface area contributed by atoms with Crippen molar-refractivity contribution in [3.8, 4) is 29.1 Å². The lowest BCUT2D eigenvalue weighted by molar-refractivity contribution is -0.384. The smallest absolute Gasteiger partial charge is 0.269 e. The average Bonchev–Trinajstić information content (AvgIpc) is 3.34. The van der Waals surface area contributed by atoms with Crippen molar-refractivity contribution in [2.24, 2.45) is 22.9 Å². The number of aliphatic hydroxyl groups is 2. The fourth-order valence-corrected chi connectivity index (χ4v) is 9.73. The molecular formula is C51H54N4O11. The first-order valence-corrected chi connectivity index (χ1v) is 22.1. The van der Waals surface area contributed by atoms with Crippen molar-refractivity contribution in [3.63, 3.8) is 0 Å². The molecule has 3 aliphatic rings. The summed E-state index contributed by atoms with van der Waals surface area (Å²) in [5.41, 5.74) is 3.91. The van der Waals surface area contributed by atoms with Gasteiger partial charge in [0.25, 0.3) is 11.6 Å². The molecule has 66 heavy (non-hydrogen) atoms. The van der Waals surface area contributed by atoms with Gasteiger partial charge in [0.1, 0.15) is 35.6 Å². The highest BCUT2D eigenvalue weighted by Crippen LogP contribution is 2.62. The molecular weight excluding hydrogens is 845 g/mol. The summed E-state index contributed by atoms with van der Waals surface area (Å²) in [6.45, 7) is 4.13. The second kappa shape index (κ2) is 21.4. The van der Waals surface area contributed by atoms with E-state index in [1.807, 2.05) is 12.1 Å². The molecule has 6 atom stereocenters. The minimum Gasteiger partial charge on any atom is -0.496 e. The Bertz CT molecular complexity index is 2500. The topological polar surface area (TPSA) is 203 Å². The molecule has 7 rings (SSSR count). The number of nitro groups is 1. The molecule has 0 radical (unpaired) electrons. The van der Waals surface area contributed by atoms with E-state index in [1.165, 1.54) is 19.2 Å². The van der Waals surface area contributed by atoms with Crippen LogP contribution in [0.1, 0.15) is 88.3 Å². The van der Waals surface area contributed by atoms with Crippen molar-refractivity contribution in [1.29, 1.82) is 5.26 Å². The van der Waals surface area contributed by atoms with E-state index in [9.17, 15) is 35.2 Å². The van der Waals surface area contributed by atoms with Gasteiger partial charge in [-0.3, -0.25) is 19.7 Å². The Kier molecular flexibility index (Phi) is 15.3. The quantitative estimate of drug-likeness (QED) is 0.0265. The standard InChI is InChI=1S/C51H54N4O11/c1-4-25-63-51-47(54(2)50(59)35-15-11-33(30-52)12-16-35)29-44(53-64-32-34-13-17-38(18-14-34)55(60)61)42-27-36(9-5-7-23-56)41(10-6-8-24-57)48(49(42)51)43-28-40(20-22-46(43)66-51)65-39-19-21-45(62-3)37(26-39)31-58/h4,11-22,26-28,31,36,41,47-49,56-57H,1,5-10,23-25,29,32H2,2-3H3/t36-,41+,47-,48+,49+,51+/m0/s1. The molecule has 0 saturated heterocycles. The maximum atomic E-state index is 14.6. The number of ether oxygens (including phenoxy) is 4. The maximum absolute atomic E-state index is 14.6. The van der Waals surface area contributed by atoms with Gasteiger partial charge in [-0.15, -0.1) is 6.58 Å². The number of rotatable bonds is 21. The van der Waals surface area contributed by atoms with E-state index >= 15 is 0 Å². The molecule has 0 spiro atoms. The van der Waals surface area contributed by atoms with Crippen LogP contribution in [-0.4, -0.2) is 83.7 Å². The van der Waals surface area contributed by atoms with Crippen LogP contribution < -0.4 is 14.2 Å². The monoisotopic (exact) mass is 898 g/mol. The Balaban J connectivity index is 1.41. The van der Waals surface area contributed by atoms with Crippen LogP contribution in [0, 0.1) is 39.2 Å². The van der Waals surface area contributed by atoms with Crippen molar-refractivity contribution >= 4 is 23.6 Å². The highest BCUT2D eigenvalue weighted by Gasteiger charge is 2.65. The molecule has 0 aromatic heterocycles. The summed E-state index contributed by atoms with van der Waals surface area (Å²) in [5.74, 6) is -1.06. The second-order valence-electron chi connectivity index (χ2n) is 16.7. The molecule has 4 aromatic rings. The minimum atomic E-state index is -1.52. The predicted octanol–water partition coefficient (Wildman–Crippen LogP) is 8.69. The number of hydrogen-bond acceptors (Lipinski definition) is 13. The van der Waals surface area contributed by atoms with Crippen LogP contribution in [0.5, 0.6) is 23.0 Å². The van der Waals surface area contributed by atoms with Gasteiger partial charge >= 0.3 is 0 Å². The van der Waals surface area contributed by atoms with Crippen molar-refractivity contribution < 1.29 is 48.5 Å². The average molecular weight is 899 g/mol. The van der Waals surface area contributed by atoms with Crippen molar-refractivity contribution in [1.82, 2.24) is 4.90 Å². The molecule has 4 aromatic carbocycles. The number of aliphatic hydroxyl groups excluding tert-OH is 2. The van der Waals surface area contributed by atoms with E-state index in [4.69, 9.17) is 28.9 Å². The largest absolute Gasteiger partial charge is 0.496 e. The molecule has 15 heteroatoms. The number of carbonyl (C=O) groups is 2. The van der Waals surface area contributed by atoms with Crippen LogP contribution in [0.2, 0.25) is 0 Å². The van der Waals surface area contributed by atoms with Gasteiger partial charge < -0.3 is 38.9 Å². The molecule has 15 nitrogen and oxygen atoms in total. The number of carbonyl (C=O) groups excluding carboxylic acids is 2. The van der Waals surface area contributed by atoms with Crippen LogP contribution >= 0.6 is 0 Å². The zero-order valence-electron chi connectivity index (χ0n) is 37.0. The molecule has 1 heterocycles. The number of benzene rings is 4. The molecule has 1 saturated carbocycles. The number of nitrogens with zero attached hydrogens (tertiary/aromatic N) is 4. The number of nitro benzene ring substituents is 1. The van der Waals surface area contributed by atoms with Gasteiger partial charge in [-0.05, 0) is 121 Å². The number of aldehydes is 1. The fraction of sp³-hybridized carbons (Fsp3) is 0.373.